The van der Waals surface area contributed by atoms with E-state index in [2.05, 4.69) is 63.1 Å². The van der Waals surface area contributed by atoms with Crippen molar-refractivity contribution < 1.29 is 0 Å². The Bertz CT molecular complexity index is 901. The molecule has 0 spiro atoms. The van der Waals surface area contributed by atoms with Crippen LogP contribution >= 0.6 is 0 Å². The number of rotatable bonds is 3. The molecule has 26 heavy (non-hydrogen) atoms. The highest BCUT2D eigenvalue weighted by Gasteiger charge is 2.37. The average Bonchev–Trinajstić information content (AvgIpc) is 3.06. The summed E-state index contributed by atoms with van der Waals surface area (Å²) in [5.41, 5.74) is 5.66. The van der Waals surface area contributed by atoms with Gasteiger partial charge in [0.2, 0.25) is 0 Å². The van der Waals surface area contributed by atoms with Crippen LogP contribution in [0.4, 0.5) is 0 Å². The van der Waals surface area contributed by atoms with Crippen LogP contribution in [-0.2, 0) is 12.8 Å². The fourth-order valence-electron chi connectivity index (χ4n) is 4.86. The molecule has 2 aliphatic rings. The summed E-state index contributed by atoms with van der Waals surface area (Å²) in [7, 11) is 0. The number of hydrogen-bond acceptors (Lipinski definition) is 3. The Kier molecular flexibility index (Phi) is 4.03. The van der Waals surface area contributed by atoms with E-state index >= 15 is 0 Å². The predicted molar refractivity (Wildman–Crippen MR) is 105 cm³/mol. The van der Waals surface area contributed by atoms with E-state index in [1.54, 1.807) is 5.56 Å². The molecule has 0 aliphatic carbocycles. The number of para-hydroxylation sites is 1. The molecule has 5 rings (SSSR count). The van der Waals surface area contributed by atoms with Crippen molar-refractivity contribution in [3.05, 3.63) is 65.6 Å². The Hall–Kier alpha value is -2.17. The lowest BCUT2D eigenvalue weighted by atomic mass is 9.90. The molecule has 1 N–H and O–H groups in total. The molecular formula is C22H26N4. The second-order valence-corrected chi connectivity index (χ2v) is 7.74. The lowest BCUT2D eigenvalue weighted by Gasteiger charge is -2.47. The zero-order valence-electron chi connectivity index (χ0n) is 15.4. The van der Waals surface area contributed by atoms with Crippen molar-refractivity contribution >= 4 is 10.9 Å². The highest BCUT2D eigenvalue weighted by molar-refractivity contribution is 5.85. The summed E-state index contributed by atoms with van der Waals surface area (Å²) < 4.78 is 0. The van der Waals surface area contributed by atoms with Gasteiger partial charge in [0.15, 0.2) is 0 Å². The molecular weight excluding hydrogens is 320 g/mol. The highest BCUT2D eigenvalue weighted by Crippen LogP contribution is 2.38. The molecule has 0 radical (unpaired) electrons. The van der Waals surface area contributed by atoms with Crippen LogP contribution in [0.1, 0.15) is 29.8 Å². The minimum Gasteiger partial charge on any atom is -0.357 e. The largest absolute Gasteiger partial charge is 0.357 e. The molecule has 0 bridgehead atoms. The highest BCUT2D eigenvalue weighted by atomic mass is 15.3. The van der Waals surface area contributed by atoms with Gasteiger partial charge < -0.3 is 9.88 Å². The Morgan fingerprint density at radius 1 is 1.12 bits per heavy atom. The monoisotopic (exact) mass is 346 g/mol. The Balaban J connectivity index is 1.34. The van der Waals surface area contributed by atoms with E-state index < -0.39 is 0 Å². The molecule has 0 unspecified atom stereocenters. The molecule has 134 valence electrons. The number of piperazine rings is 1. The van der Waals surface area contributed by atoms with Crippen molar-refractivity contribution in [3.63, 3.8) is 0 Å². The van der Waals surface area contributed by atoms with Gasteiger partial charge in [0.1, 0.15) is 0 Å². The summed E-state index contributed by atoms with van der Waals surface area (Å²) in [6.45, 7) is 7.02. The molecule has 1 fully saturated rings. The van der Waals surface area contributed by atoms with Gasteiger partial charge in [-0.3, -0.25) is 9.88 Å². The quantitative estimate of drug-likeness (QED) is 0.789. The van der Waals surface area contributed by atoms with E-state index in [4.69, 9.17) is 0 Å². The van der Waals surface area contributed by atoms with E-state index in [1.165, 1.54) is 35.2 Å². The maximum absolute atomic E-state index is 4.12. The van der Waals surface area contributed by atoms with Crippen LogP contribution in [0.25, 0.3) is 10.9 Å². The van der Waals surface area contributed by atoms with Gasteiger partial charge in [-0.25, -0.2) is 0 Å². The molecule has 2 aliphatic heterocycles. The molecule has 4 heteroatoms. The summed E-state index contributed by atoms with van der Waals surface area (Å²) in [5, 5.41) is 1.42. The SMILES string of the molecule is C[C@H]1c2[nH]c3ccccc3c2C[C@@H]2CN(CCc3ccncc3)CCN21. The Morgan fingerprint density at radius 2 is 1.96 bits per heavy atom. The van der Waals surface area contributed by atoms with Crippen LogP contribution in [-0.4, -0.2) is 52.0 Å². The number of H-pyrrole nitrogens is 1. The minimum absolute atomic E-state index is 0.485. The van der Waals surface area contributed by atoms with Gasteiger partial charge in [-0.1, -0.05) is 18.2 Å². The first kappa shape index (κ1) is 16.0. The summed E-state index contributed by atoms with van der Waals surface area (Å²) in [5.74, 6) is 0. The molecule has 4 heterocycles. The zero-order valence-corrected chi connectivity index (χ0v) is 15.4. The number of benzene rings is 1. The van der Waals surface area contributed by atoms with Crippen LogP contribution in [0.15, 0.2) is 48.8 Å². The molecule has 0 amide bonds. The third-order valence-electron chi connectivity index (χ3n) is 6.28. The van der Waals surface area contributed by atoms with E-state index in [1.807, 2.05) is 12.4 Å². The third kappa shape index (κ3) is 2.74. The van der Waals surface area contributed by atoms with Gasteiger partial charge in [-0.15, -0.1) is 0 Å². The summed E-state index contributed by atoms with van der Waals surface area (Å²) >= 11 is 0. The van der Waals surface area contributed by atoms with Crippen LogP contribution in [0.2, 0.25) is 0 Å². The van der Waals surface area contributed by atoms with Crippen molar-refractivity contribution in [1.29, 1.82) is 0 Å². The molecule has 2 atom stereocenters. The maximum Gasteiger partial charge on any atom is 0.0477 e. The molecule has 4 nitrogen and oxygen atoms in total. The van der Waals surface area contributed by atoms with Crippen LogP contribution in [0, 0.1) is 0 Å². The van der Waals surface area contributed by atoms with Crippen molar-refractivity contribution in [2.75, 3.05) is 26.2 Å². The van der Waals surface area contributed by atoms with Gasteiger partial charge in [-0.05, 0) is 49.1 Å². The summed E-state index contributed by atoms with van der Waals surface area (Å²) in [6, 6.07) is 14.2. The number of nitrogens with one attached hydrogen (secondary N) is 1. The second-order valence-electron chi connectivity index (χ2n) is 7.74. The second kappa shape index (κ2) is 6.53. The first-order valence-corrected chi connectivity index (χ1v) is 9.76. The lowest BCUT2D eigenvalue weighted by molar-refractivity contribution is 0.0362. The van der Waals surface area contributed by atoms with E-state index in [0.717, 1.165) is 25.9 Å². The average molecular weight is 346 g/mol. The number of pyridine rings is 1. The van der Waals surface area contributed by atoms with E-state index in [9.17, 15) is 0 Å². The first-order valence-electron chi connectivity index (χ1n) is 9.76. The van der Waals surface area contributed by atoms with Crippen molar-refractivity contribution in [1.82, 2.24) is 19.8 Å². The van der Waals surface area contributed by atoms with Gasteiger partial charge in [0.05, 0.1) is 0 Å². The number of aromatic amines is 1. The minimum atomic E-state index is 0.485. The Labute approximate surface area is 154 Å². The third-order valence-corrected chi connectivity index (χ3v) is 6.28. The number of fused-ring (bicyclic) bond motifs is 4. The van der Waals surface area contributed by atoms with Crippen LogP contribution in [0.3, 0.4) is 0 Å². The van der Waals surface area contributed by atoms with E-state index in [0.29, 0.717) is 12.1 Å². The fourth-order valence-corrected chi connectivity index (χ4v) is 4.86. The summed E-state index contributed by atoms with van der Waals surface area (Å²) in [4.78, 5) is 13.2. The first-order chi connectivity index (χ1) is 12.8. The van der Waals surface area contributed by atoms with Crippen molar-refractivity contribution in [2.45, 2.75) is 31.8 Å². The number of nitrogens with zero attached hydrogens (tertiary/aromatic N) is 3. The predicted octanol–water partition coefficient (Wildman–Crippen LogP) is 3.41. The smallest absolute Gasteiger partial charge is 0.0477 e. The normalized spacial score (nSPS) is 23.7. The molecule has 1 aromatic carbocycles. The van der Waals surface area contributed by atoms with Crippen LogP contribution in [0.5, 0.6) is 0 Å². The number of aromatic nitrogens is 2. The van der Waals surface area contributed by atoms with Gasteiger partial charge >= 0.3 is 0 Å². The van der Waals surface area contributed by atoms with Crippen LogP contribution < -0.4 is 0 Å². The van der Waals surface area contributed by atoms with Crippen molar-refractivity contribution in [2.24, 2.45) is 0 Å². The lowest BCUT2D eigenvalue weighted by Crippen LogP contribution is -2.56. The molecule has 0 saturated carbocycles. The topological polar surface area (TPSA) is 35.2 Å². The van der Waals surface area contributed by atoms with Crippen molar-refractivity contribution in [3.8, 4) is 0 Å². The zero-order chi connectivity index (χ0) is 17.5. The van der Waals surface area contributed by atoms with Gasteiger partial charge in [0.25, 0.3) is 0 Å². The standard InChI is InChI=1S/C22H26N4/c1-16-22-20(19-4-2-3-5-21(19)24-22)14-18-15-25(12-13-26(16)18)11-8-17-6-9-23-10-7-17/h2-7,9-10,16,18,24H,8,11-15H2,1H3/t16-,18+/m0/s1. The summed E-state index contributed by atoms with van der Waals surface area (Å²) in [6.07, 6.45) is 6.07. The number of hydrogen-bond donors (Lipinski definition) is 1. The maximum atomic E-state index is 4.12. The Morgan fingerprint density at radius 3 is 2.85 bits per heavy atom. The molecule has 2 aromatic heterocycles. The van der Waals surface area contributed by atoms with Gasteiger partial charge in [-0.2, -0.15) is 0 Å². The molecule has 1 saturated heterocycles. The van der Waals surface area contributed by atoms with E-state index in [-0.39, 0.29) is 0 Å². The molecule has 3 aromatic rings. The van der Waals surface area contributed by atoms with Gasteiger partial charge in [0, 0.05) is 67.3 Å². The fraction of sp³-hybridized carbons (Fsp3) is 0.409.